The molecule has 0 bridgehead atoms. The summed E-state index contributed by atoms with van der Waals surface area (Å²) >= 11 is 0. The van der Waals surface area contributed by atoms with Crippen molar-refractivity contribution in [3.8, 4) is 11.3 Å². The molecule has 0 saturated carbocycles. The predicted octanol–water partition coefficient (Wildman–Crippen LogP) is 1.42. The number of benzene rings is 1. The Labute approximate surface area is 133 Å². The Kier molecular flexibility index (Phi) is 3.43. The van der Waals surface area contributed by atoms with E-state index in [4.69, 9.17) is 9.15 Å². The van der Waals surface area contributed by atoms with Crippen molar-refractivity contribution in [3.05, 3.63) is 42.4 Å². The van der Waals surface area contributed by atoms with E-state index in [0.717, 1.165) is 5.56 Å². The molecule has 1 aromatic carbocycles. The van der Waals surface area contributed by atoms with Crippen molar-refractivity contribution in [1.29, 1.82) is 0 Å². The third-order valence-electron chi connectivity index (χ3n) is 4.97. The van der Waals surface area contributed by atoms with Crippen LogP contribution in [-0.2, 0) is 4.74 Å². The minimum atomic E-state index is -0.282. The van der Waals surface area contributed by atoms with Gasteiger partial charge in [0.05, 0.1) is 26.0 Å². The van der Waals surface area contributed by atoms with Gasteiger partial charge in [-0.3, -0.25) is 4.79 Å². The Bertz CT molecular complexity index is 698. The van der Waals surface area contributed by atoms with Gasteiger partial charge in [0.25, 0.3) is 5.91 Å². The lowest BCUT2D eigenvalue weighted by Crippen LogP contribution is -2.36. The van der Waals surface area contributed by atoms with E-state index in [-0.39, 0.29) is 23.8 Å². The molecule has 23 heavy (non-hydrogen) atoms. The summed E-state index contributed by atoms with van der Waals surface area (Å²) in [7, 11) is 0. The summed E-state index contributed by atoms with van der Waals surface area (Å²) in [5.74, 6) is 0.900. The van der Waals surface area contributed by atoms with Gasteiger partial charge in [-0.25, -0.2) is 4.98 Å². The second kappa shape index (κ2) is 5.47. The molecule has 0 spiro atoms. The number of carbonyl (C=O) groups is 1. The molecule has 120 valence electrons. The van der Waals surface area contributed by atoms with Gasteiger partial charge >= 0.3 is 0 Å². The molecule has 2 aliphatic rings. The highest BCUT2D eigenvalue weighted by atomic mass is 16.5. The van der Waals surface area contributed by atoms with Crippen LogP contribution < -0.4 is 0 Å². The number of hydrogen-bond donors (Lipinski definition) is 1. The number of likely N-dealkylation sites (tertiary alicyclic amines) is 1. The first kappa shape index (κ1) is 14.4. The van der Waals surface area contributed by atoms with E-state index in [9.17, 15) is 9.90 Å². The second-order valence-corrected chi connectivity index (χ2v) is 6.36. The normalized spacial score (nSPS) is 26.5. The number of rotatable bonds is 3. The summed E-state index contributed by atoms with van der Waals surface area (Å²) in [6, 6.07) is 7.32. The van der Waals surface area contributed by atoms with Crippen LogP contribution in [0.15, 0.2) is 41.3 Å². The molecule has 4 rings (SSSR count). The molecule has 0 radical (unpaired) electrons. The molecule has 1 N–H and O–H groups in total. The highest BCUT2D eigenvalue weighted by molar-refractivity contribution is 5.95. The van der Waals surface area contributed by atoms with E-state index in [1.54, 1.807) is 18.3 Å². The van der Waals surface area contributed by atoms with Crippen molar-refractivity contribution >= 4 is 5.91 Å². The number of aliphatic hydroxyl groups is 1. The largest absolute Gasteiger partial charge is 0.444 e. The van der Waals surface area contributed by atoms with Gasteiger partial charge in [0.1, 0.15) is 0 Å². The minimum Gasteiger partial charge on any atom is -0.444 e. The average Bonchev–Trinajstić information content (AvgIpc) is 3.29. The van der Waals surface area contributed by atoms with Gasteiger partial charge in [-0.2, -0.15) is 0 Å². The van der Waals surface area contributed by atoms with Crippen LogP contribution in [0, 0.1) is 11.3 Å². The third-order valence-corrected chi connectivity index (χ3v) is 4.97. The smallest absolute Gasteiger partial charge is 0.253 e. The van der Waals surface area contributed by atoms with Gasteiger partial charge in [-0.05, 0) is 12.1 Å². The fourth-order valence-corrected chi connectivity index (χ4v) is 3.53. The van der Waals surface area contributed by atoms with E-state index in [0.29, 0.717) is 37.6 Å². The van der Waals surface area contributed by atoms with Crippen molar-refractivity contribution in [3.63, 3.8) is 0 Å². The SMILES string of the molecule is O=C(c1ccc(-c2cnco2)cc1)N1C[C@H]2COC[C@@]2(CO)C1. The lowest BCUT2D eigenvalue weighted by molar-refractivity contribution is 0.0631. The third kappa shape index (κ3) is 2.34. The first-order valence-corrected chi connectivity index (χ1v) is 7.69. The monoisotopic (exact) mass is 314 g/mol. The molecule has 1 amide bonds. The maximum atomic E-state index is 12.7. The standard InChI is InChI=1S/C17H18N2O4/c20-9-17-8-19(6-14(17)7-22-10-17)16(21)13-3-1-12(2-4-13)15-5-18-11-23-15/h1-5,11,14,20H,6-10H2/t14-,17-/m0/s1. The lowest BCUT2D eigenvalue weighted by atomic mass is 9.82. The summed E-state index contributed by atoms with van der Waals surface area (Å²) in [4.78, 5) is 18.4. The van der Waals surface area contributed by atoms with Crippen molar-refractivity contribution in [2.75, 3.05) is 32.9 Å². The number of fused-ring (bicyclic) bond motifs is 1. The number of aliphatic hydroxyl groups excluding tert-OH is 1. The molecule has 2 atom stereocenters. The molecule has 1 aromatic heterocycles. The van der Waals surface area contributed by atoms with Crippen LogP contribution in [0.1, 0.15) is 10.4 Å². The van der Waals surface area contributed by atoms with Gasteiger partial charge in [0.15, 0.2) is 12.2 Å². The van der Waals surface area contributed by atoms with E-state index in [1.807, 2.05) is 17.0 Å². The second-order valence-electron chi connectivity index (χ2n) is 6.36. The van der Waals surface area contributed by atoms with E-state index >= 15 is 0 Å². The molecular formula is C17H18N2O4. The van der Waals surface area contributed by atoms with Gasteiger partial charge in [-0.1, -0.05) is 12.1 Å². The fourth-order valence-electron chi connectivity index (χ4n) is 3.53. The summed E-state index contributed by atoms with van der Waals surface area (Å²) in [5, 5.41) is 9.70. The quantitative estimate of drug-likeness (QED) is 0.927. The topological polar surface area (TPSA) is 75.8 Å². The number of ether oxygens (including phenoxy) is 1. The van der Waals surface area contributed by atoms with Crippen LogP contribution in [0.2, 0.25) is 0 Å². The maximum Gasteiger partial charge on any atom is 0.253 e. The van der Waals surface area contributed by atoms with Gasteiger partial charge in [-0.15, -0.1) is 0 Å². The summed E-state index contributed by atoms with van der Waals surface area (Å²) < 4.78 is 10.7. The highest BCUT2D eigenvalue weighted by Crippen LogP contribution is 2.41. The van der Waals surface area contributed by atoms with Gasteiger partial charge in [0.2, 0.25) is 0 Å². The Hall–Kier alpha value is -2.18. The Balaban J connectivity index is 1.52. The molecule has 2 saturated heterocycles. The molecule has 6 heteroatoms. The van der Waals surface area contributed by atoms with Gasteiger partial charge < -0.3 is 19.2 Å². The predicted molar refractivity (Wildman–Crippen MR) is 81.7 cm³/mol. The first-order chi connectivity index (χ1) is 11.2. The number of amides is 1. The summed E-state index contributed by atoms with van der Waals surface area (Å²) in [6.45, 7) is 2.41. The van der Waals surface area contributed by atoms with E-state index in [2.05, 4.69) is 4.98 Å². The van der Waals surface area contributed by atoms with Crippen LogP contribution >= 0.6 is 0 Å². The number of aromatic nitrogens is 1. The van der Waals surface area contributed by atoms with Crippen LogP contribution in [0.25, 0.3) is 11.3 Å². The number of hydrogen-bond acceptors (Lipinski definition) is 5. The zero-order valence-electron chi connectivity index (χ0n) is 12.6. The first-order valence-electron chi connectivity index (χ1n) is 7.69. The zero-order valence-corrected chi connectivity index (χ0v) is 12.6. The summed E-state index contributed by atoms with van der Waals surface area (Å²) in [5.41, 5.74) is 1.25. The molecule has 0 aliphatic carbocycles. The molecule has 2 fully saturated rings. The van der Waals surface area contributed by atoms with Crippen LogP contribution in [0.3, 0.4) is 0 Å². The zero-order chi connectivity index (χ0) is 15.9. The molecular weight excluding hydrogens is 296 g/mol. The van der Waals surface area contributed by atoms with E-state index in [1.165, 1.54) is 6.39 Å². The van der Waals surface area contributed by atoms with Crippen molar-refractivity contribution in [2.24, 2.45) is 11.3 Å². The molecule has 0 unspecified atom stereocenters. The van der Waals surface area contributed by atoms with Crippen molar-refractivity contribution in [1.82, 2.24) is 9.88 Å². The minimum absolute atomic E-state index is 0.00338. The Morgan fingerprint density at radius 3 is 2.87 bits per heavy atom. The van der Waals surface area contributed by atoms with E-state index < -0.39 is 0 Å². The maximum absolute atomic E-state index is 12.7. The average molecular weight is 314 g/mol. The van der Waals surface area contributed by atoms with Crippen LogP contribution in [0.5, 0.6) is 0 Å². The molecule has 2 aliphatic heterocycles. The number of nitrogens with zero attached hydrogens (tertiary/aromatic N) is 2. The molecule has 2 aromatic rings. The number of oxazole rings is 1. The van der Waals surface area contributed by atoms with Crippen molar-refractivity contribution < 1.29 is 19.1 Å². The lowest BCUT2D eigenvalue weighted by Gasteiger charge is -2.24. The Morgan fingerprint density at radius 2 is 2.22 bits per heavy atom. The fraction of sp³-hybridized carbons (Fsp3) is 0.412. The Morgan fingerprint density at radius 1 is 1.39 bits per heavy atom. The van der Waals surface area contributed by atoms with Crippen LogP contribution in [0.4, 0.5) is 0 Å². The molecule has 6 nitrogen and oxygen atoms in total. The number of carbonyl (C=O) groups excluding carboxylic acids is 1. The van der Waals surface area contributed by atoms with Gasteiger partial charge in [0, 0.05) is 35.5 Å². The van der Waals surface area contributed by atoms with Crippen molar-refractivity contribution in [2.45, 2.75) is 0 Å². The highest BCUT2D eigenvalue weighted by Gasteiger charge is 2.51. The molecule has 3 heterocycles. The van der Waals surface area contributed by atoms with Crippen LogP contribution in [-0.4, -0.2) is 53.8 Å². The summed E-state index contributed by atoms with van der Waals surface area (Å²) in [6.07, 6.45) is 3.03.